The molecule has 1 aromatic carbocycles. The lowest BCUT2D eigenvalue weighted by Gasteiger charge is -2.00. The SMILES string of the molecule is CCC#Cc1ccccc1C1CC1. The molecule has 0 aromatic heterocycles. The van der Waals surface area contributed by atoms with E-state index in [0.29, 0.717) is 0 Å². The Bertz CT molecular complexity index is 348. The maximum absolute atomic E-state index is 3.23. The van der Waals surface area contributed by atoms with Crippen LogP contribution in [0.2, 0.25) is 0 Å². The molecular weight excluding hydrogens is 156 g/mol. The normalized spacial score (nSPS) is 14.8. The van der Waals surface area contributed by atoms with Gasteiger partial charge in [-0.05, 0) is 30.4 Å². The number of rotatable bonds is 1. The second kappa shape index (κ2) is 3.66. The van der Waals surface area contributed by atoms with Crippen LogP contribution in [0, 0.1) is 11.8 Å². The van der Waals surface area contributed by atoms with Gasteiger partial charge in [-0.2, -0.15) is 0 Å². The Labute approximate surface area is 80.0 Å². The summed E-state index contributed by atoms with van der Waals surface area (Å²) >= 11 is 0. The van der Waals surface area contributed by atoms with Gasteiger partial charge in [-0.25, -0.2) is 0 Å². The van der Waals surface area contributed by atoms with E-state index in [4.69, 9.17) is 0 Å². The van der Waals surface area contributed by atoms with Gasteiger partial charge in [0.05, 0.1) is 0 Å². The predicted molar refractivity (Wildman–Crippen MR) is 55.6 cm³/mol. The van der Waals surface area contributed by atoms with E-state index in [1.165, 1.54) is 24.0 Å². The van der Waals surface area contributed by atoms with E-state index in [0.717, 1.165) is 12.3 Å². The fraction of sp³-hybridized carbons (Fsp3) is 0.385. The summed E-state index contributed by atoms with van der Waals surface area (Å²) in [5.41, 5.74) is 2.70. The molecule has 0 spiro atoms. The summed E-state index contributed by atoms with van der Waals surface area (Å²) in [5, 5.41) is 0. The van der Waals surface area contributed by atoms with Crippen LogP contribution in [0.4, 0.5) is 0 Å². The van der Waals surface area contributed by atoms with Crippen molar-refractivity contribution in [2.24, 2.45) is 0 Å². The molecule has 1 aliphatic rings. The average Bonchev–Trinajstić information content (AvgIpc) is 2.98. The maximum atomic E-state index is 3.23. The average molecular weight is 170 g/mol. The summed E-state index contributed by atoms with van der Waals surface area (Å²) in [5.74, 6) is 7.18. The topological polar surface area (TPSA) is 0 Å². The quantitative estimate of drug-likeness (QED) is 0.567. The molecule has 0 radical (unpaired) electrons. The van der Waals surface area contributed by atoms with E-state index in [-0.39, 0.29) is 0 Å². The minimum Gasteiger partial charge on any atom is -0.0982 e. The van der Waals surface area contributed by atoms with Crippen LogP contribution in [0.1, 0.15) is 43.2 Å². The Hall–Kier alpha value is -1.22. The van der Waals surface area contributed by atoms with Crippen molar-refractivity contribution in [2.45, 2.75) is 32.1 Å². The monoisotopic (exact) mass is 170 g/mol. The van der Waals surface area contributed by atoms with Crippen molar-refractivity contribution >= 4 is 0 Å². The molecule has 0 atom stereocenters. The lowest BCUT2D eigenvalue weighted by molar-refractivity contribution is 1.12. The van der Waals surface area contributed by atoms with Gasteiger partial charge in [-0.15, -0.1) is 0 Å². The van der Waals surface area contributed by atoms with Crippen molar-refractivity contribution in [1.29, 1.82) is 0 Å². The first-order valence-corrected chi connectivity index (χ1v) is 4.99. The second-order valence-corrected chi connectivity index (χ2v) is 3.52. The molecule has 0 unspecified atom stereocenters. The van der Waals surface area contributed by atoms with Gasteiger partial charge in [0.2, 0.25) is 0 Å². The molecule has 0 heteroatoms. The van der Waals surface area contributed by atoms with Gasteiger partial charge >= 0.3 is 0 Å². The third-order valence-electron chi connectivity index (χ3n) is 2.38. The smallest absolute Gasteiger partial charge is 0.0280 e. The second-order valence-electron chi connectivity index (χ2n) is 3.52. The number of benzene rings is 1. The fourth-order valence-corrected chi connectivity index (χ4v) is 1.54. The van der Waals surface area contributed by atoms with E-state index in [2.05, 4.69) is 43.0 Å². The molecule has 0 amide bonds. The minimum atomic E-state index is 0.808. The molecule has 0 saturated heterocycles. The van der Waals surface area contributed by atoms with Crippen molar-refractivity contribution in [3.05, 3.63) is 35.4 Å². The van der Waals surface area contributed by atoms with Crippen LogP contribution in [0.5, 0.6) is 0 Å². The van der Waals surface area contributed by atoms with Crippen molar-refractivity contribution < 1.29 is 0 Å². The predicted octanol–water partition coefficient (Wildman–Crippen LogP) is 3.33. The zero-order valence-electron chi connectivity index (χ0n) is 8.01. The number of hydrogen-bond donors (Lipinski definition) is 0. The molecule has 1 aliphatic carbocycles. The summed E-state index contributed by atoms with van der Waals surface area (Å²) in [6.07, 6.45) is 3.65. The Morgan fingerprint density at radius 1 is 1.31 bits per heavy atom. The van der Waals surface area contributed by atoms with Gasteiger partial charge in [0.15, 0.2) is 0 Å². The molecule has 0 nitrogen and oxygen atoms in total. The molecule has 1 saturated carbocycles. The first-order chi connectivity index (χ1) is 6.42. The zero-order valence-corrected chi connectivity index (χ0v) is 8.01. The Morgan fingerprint density at radius 2 is 2.08 bits per heavy atom. The number of hydrogen-bond acceptors (Lipinski definition) is 0. The third-order valence-corrected chi connectivity index (χ3v) is 2.38. The Morgan fingerprint density at radius 3 is 2.77 bits per heavy atom. The third kappa shape index (κ3) is 1.92. The van der Waals surface area contributed by atoms with Gasteiger partial charge in [0, 0.05) is 12.0 Å². The zero-order chi connectivity index (χ0) is 9.10. The van der Waals surface area contributed by atoms with Crippen LogP contribution >= 0.6 is 0 Å². The lowest BCUT2D eigenvalue weighted by atomic mass is 10.0. The fourth-order valence-electron chi connectivity index (χ4n) is 1.54. The van der Waals surface area contributed by atoms with Crippen LogP contribution < -0.4 is 0 Å². The van der Waals surface area contributed by atoms with Crippen molar-refractivity contribution in [3.8, 4) is 11.8 Å². The molecule has 1 aromatic rings. The molecule has 66 valence electrons. The van der Waals surface area contributed by atoms with Gasteiger partial charge < -0.3 is 0 Å². The summed E-state index contributed by atoms with van der Waals surface area (Å²) in [4.78, 5) is 0. The van der Waals surface area contributed by atoms with E-state index in [9.17, 15) is 0 Å². The lowest BCUT2D eigenvalue weighted by Crippen LogP contribution is -1.85. The molecule has 2 rings (SSSR count). The Balaban J connectivity index is 2.31. The van der Waals surface area contributed by atoms with Crippen molar-refractivity contribution in [1.82, 2.24) is 0 Å². The highest BCUT2D eigenvalue weighted by atomic mass is 14.3. The molecule has 0 bridgehead atoms. The van der Waals surface area contributed by atoms with Gasteiger partial charge in [0.1, 0.15) is 0 Å². The van der Waals surface area contributed by atoms with Crippen LogP contribution in [-0.4, -0.2) is 0 Å². The molecule has 0 heterocycles. The summed E-state index contributed by atoms with van der Waals surface area (Å²) in [6, 6.07) is 8.55. The van der Waals surface area contributed by atoms with Crippen LogP contribution in [-0.2, 0) is 0 Å². The highest BCUT2D eigenvalue weighted by Gasteiger charge is 2.24. The Kier molecular flexibility index (Phi) is 2.36. The maximum Gasteiger partial charge on any atom is 0.0280 e. The van der Waals surface area contributed by atoms with Crippen LogP contribution in [0.3, 0.4) is 0 Å². The van der Waals surface area contributed by atoms with E-state index < -0.39 is 0 Å². The van der Waals surface area contributed by atoms with E-state index >= 15 is 0 Å². The molecule has 1 fully saturated rings. The largest absolute Gasteiger partial charge is 0.0982 e. The summed E-state index contributed by atoms with van der Waals surface area (Å²) in [7, 11) is 0. The van der Waals surface area contributed by atoms with Crippen LogP contribution in [0.25, 0.3) is 0 Å². The van der Waals surface area contributed by atoms with Gasteiger partial charge in [0.25, 0.3) is 0 Å². The molecular formula is C13H14. The highest BCUT2D eigenvalue weighted by molar-refractivity contribution is 5.44. The first-order valence-electron chi connectivity index (χ1n) is 4.99. The molecule has 0 aliphatic heterocycles. The first kappa shape index (κ1) is 8.38. The van der Waals surface area contributed by atoms with E-state index in [1.807, 2.05) is 0 Å². The van der Waals surface area contributed by atoms with Gasteiger partial charge in [-0.3, -0.25) is 0 Å². The molecule has 0 N–H and O–H groups in total. The van der Waals surface area contributed by atoms with Crippen LogP contribution in [0.15, 0.2) is 24.3 Å². The summed E-state index contributed by atoms with van der Waals surface area (Å²) < 4.78 is 0. The minimum absolute atomic E-state index is 0.808. The van der Waals surface area contributed by atoms with Crippen molar-refractivity contribution in [2.75, 3.05) is 0 Å². The highest BCUT2D eigenvalue weighted by Crippen LogP contribution is 2.41. The van der Waals surface area contributed by atoms with Crippen molar-refractivity contribution in [3.63, 3.8) is 0 Å². The standard InChI is InChI=1S/C13H14/c1-2-3-6-11-7-4-5-8-13(11)12-9-10-12/h4-5,7-8,12H,2,9-10H2,1H3. The van der Waals surface area contributed by atoms with Gasteiger partial charge in [-0.1, -0.05) is 37.0 Å². The summed E-state index contributed by atoms with van der Waals surface area (Å²) in [6.45, 7) is 2.09. The molecule has 13 heavy (non-hydrogen) atoms. The van der Waals surface area contributed by atoms with E-state index in [1.54, 1.807) is 0 Å².